The minimum Gasteiger partial charge on any atom is -0.310 e. The normalized spacial score (nSPS) is 18.0. The van der Waals surface area contributed by atoms with E-state index in [1.54, 1.807) is 5.57 Å². The highest BCUT2D eigenvalue weighted by atomic mass is 14.9. The van der Waals surface area contributed by atoms with Crippen molar-refractivity contribution in [1.29, 1.82) is 0 Å². The van der Waals surface area contributed by atoms with E-state index in [9.17, 15) is 0 Å². The summed E-state index contributed by atoms with van der Waals surface area (Å²) >= 11 is 0. The van der Waals surface area contributed by atoms with Gasteiger partial charge < -0.3 is 5.32 Å². The van der Waals surface area contributed by atoms with Crippen LogP contribution in [0.15, 0.2) is 30.1 Å². The number of aromatic nitrogens is 1. The molecule has 0 saturated carbocycles. The fourth-order valence-corrected chi connectivity index (χ4v) is 2.47. The molecule has 0 fully saturated rings. The van der Waals surface area contributed by atoms with E-state index < -0.39 is 0 Å². The Morgan fingerprint density at radius 2 is 2.25 bits per heavy atom. The van der Waals surface area contributed by atoms with E-state index in [1.807, 2.05) is 19.4 Å². The maximum Gasteiger partial charge on any atom is 0.0537 e. The molecule has 1 unspecified atom stereocenters. The van der Waals surface area contributed by atoms with Crippen LogP contribution in [0.5, 0.6) is 0 Å². The second-order valence-electron chi connectivity index (χ2n) is 4.48. The van der Waals surface area contributed by atoms with Crippen LogP contribution < -0.4 is 5.32 Å². The molecule has 2 rings (SSSR count). The molecule has 1 aliphatic rings. The zero-order valence-electron chi connectivity index (χ0n) is 10.2. The van der Waals surface area contributed by atoms with E-state index in [4.69, 9.17) is 0 Å². The molecule has 86 valence electrons. The van der Waals surface area contributed by atoms with Gasteiger partial charge in [0.2, 0.25) is 0 Å². The van der Waals surface area contributed by atoms with Gasteiger partial charge in [-0.05, 0) is 56.8 Å². The number of rotatable bonds is 3. The number of hydrogen-bond acceptors (Lipinski definition) is 2. The predicted octanol–water partition coefficient (Wildman–Crippen LogP) is 3.15. The Morgan fingerprint density at radius 3 is 2.88 bits per heavy atom. The SMILES string of the molecule is CNC(C1=CCCCC1)c1ccncc1C. The highest BCUT2D eigenvalue weighted by molar-refractivity contribution is 5.33. The van der Waals surface area contributed by atoms with E-state index in [0.717, 1.165) is 0 Å². The van der Waals surface area contributed by atoms with Crippen molar-refractivity contribution in [1.82, 2.24) is 10.3 Å². The molecule has 0 radical (unpaired) electrons. The van der Waals surface area contributed by atoms with Gasteiger partial charge in [-0.2, -0.15) is 0 Å². The second kappa shape index (κ2) is 5.26. The van der Waals surface area contributed by atoms with Gasteiger partial charge in [0.25, 0.3) is 0 Å². The molecule has 1 N–H and O–H groups in total. The minimum atomic E-state index is 0.378. The molecule has 2 heteroatoms. The summed E-state index contributed by atoms with van der Waals surface area (Å²) in [6.45, 7) is 2.13. The van der Waals surface area contributed by atoms with Gasteiger partial charge in [-0.25, -0.2) is 0 Å². The zero-order valence-corrected chi connectivity index (χ0v) is 10.2. The number of allylic oxidation sites excluding steroid dienone is 1. The van der Waals surface area contributed by atoms with Crippen LogP contribution in [0, 0.1) is 6.92 Å². The van der Waals surface area contributed by atoms with Crippen molar-refractivity contribution in [3.05, 3.63) is 41.2 Å². The Balaban J connectivity index is 2.28. The second-order valence-corrected chi connectivity index (χ2v) is 4.48. The molecular weight excluding hydrogens is 196 g/mol. The number of nitrogens with zero attached hydrogens (tertiary/aromatic N) is 1. The van der Waals surface area contributed by atoms with Crippen molar-refractivity contribution in [3.63, 3.8) is 0 Å². The number of pyridine rings is 1. The summed E-state index contributed by atoms with van der Waals surface area (Å²) < 4.78 is 0. The van der Waals surface area contributed by atoms with Crippen LogP contribution in [0.1, 0.15) is 42.9 Å². The maximum atomic E-state index is 4.16. The highest BCUT2D eigenvalue weighted by Crippen LogP contribution is 2.30. The van der Waals surface area contributed by atoms with Crippen molar-refractivity contribution in [3.8, 4) is 0 Å². The van der Waals surface area contributed by atoms with Crippen LogP contribution in [-0.4, -0.2) is 12.0 Å². The van der Waals surface area contributed by atoms with Gasteiger partial charge in [-0.15, -0.1) is 0 Å². The van der Waals surface area contributed by atoms with Gasteiger partial charge >= 0.3 is 0 Å². The lowest BCUT2D eigenvalue weighted by Crippen LogP contribution is -2.20. The molecular formula is C14H20N2. The van der Waals surface area contributed by atoms with E-state index >= 15 is 0 Å². The van der Waals surface area contributed by atoms with Crippen LogP contribution in [0.4, 0.5) is 0 Å². The summed E-state index contributed by atoms with van der Waals surface area (Å²) in [6, 6.07) is 2.51. The molecule has 1 heterocycles. The summed E-state index contributed by atoms with van der Waals surface area (Å²) in [4.78, 5) is 4.16. The standard InChI is InChI=1S/C14H20N2/c1-11-10-16-9-8-13(11)14(15-2)12-6-4-3-5-7-12/h6,8-10,14-15H,3-5,7H2,1-2H3. The smallest absolute Gasteiger partial charge is 0.0537 e. The van der Waals surface area contributed by atoms with Crippen LogP contribution in [0.2, 0.25) is 0 Å². The predicted molar refractivity (Wildman–Crippen MR) is 67.3 cm³/mol. The van der Waals surface area contributed by atoms with Gasteiger partial charge in [0.05, 0.1) is 6.04 Å². The molecule has 1 aliphatic carbocycles. The maximum absolute atomic E-state index is 4.16. The van der Waals surface area contributed by atoms with E-state index in [0.29, 0.717) is 6.04 Å². The number of likely N-dealkylation sites (N-methyl/N-ethyl adjacent to an activating group) is 1. The van der Waals surface area contributed by atoms with Crippen LogP contribution in [-0.2, 0) is 0 Å². The molecule has 1 atom stereocenters. The molecule has 0 saturated heterocycles. The lowest BCUT2D eigenvalue weighted by molar-refractivity contribution is 0.591. The third-order valence-electron chi connectivity index (χ3n) is 3.36. The number of hydrogen-bond donors (Lipinski definition) is 1. The summed E-state index contributed by atoms with van der Waals surface area (Å²) in [7, 11) is 2.04. The quantitative estimate of drug-likeness (QED) is 0.785. The Labute approximate surface area is 97.8 Å². The fraction of sp³-hybridized carbons (Fsp3) is 0.500. The first-order valence-electron chi connectivity index (χ1n) is 6.09. The van der Waals surface area contributed by atoms with Gasteiger partial charge in [0.1, 0.15) is 0 Å². The molecule has 0 amide bonds. The molecule has 0 aliphatic heterocycles. The van der Waals surface area contributed by atoms with Crippen LogP contribution >= 0.6 is 0 Å². The Kier molecular flexibility index (Phi) is 3.73. The third kappa shape index (κ3) is 2.33. The lowest BCUT2D eigenvalue weighted by Gasteiger charge is -2.24. The minimum absolute atomic E-state index is 0.378. The molecule has 0 aromatic carbocycles. The van der Waals surface area contributed by atoms with Crippen LogP contribution in [0.25, 0.3) is 0 Å². The van der Waals surface area contributed by atoms with Crippen molar-refractivity contribution in [2.45, 2.75) is 38.6 Å². The van der Waals surface area contributed by atoms with Gasteiger partial charge in [0, 0.05) is 12.4 Å². The lowest BCUT2D eigenvalue weighted by atomic mass is 9.89. The number of aryl methyl sites for hydroxylation is 1. The van der Waals surface area contributed by atoms with E-state index in [2.05, 4.69) is 29.4 Å². The molecule has 1 aromatic rings. The largest absolute Gasteiger partial charge is 0.310 e. The van der Waals surface area contributed by atoms with Crippen molar-refractivity contribution >= 4 is 0 Å². The van der Waals surface area contributed by atoms with Gasteiger partial charge in [-0.1, -0.05) is 11.6 Å². The van der Waals surface area contributed by atoms with Crippen molar-refractivity contribution in [2.75, 3.05) is 7.05 Å². The molecule has 0 spiro atoms. The average Bonchev–Trinajstić information content (AvgIpc) is 2.34. The van der Waals surface area contributed by atoms with Crippen molar-refractivity contribution < 1.29 is 0 Å². The summed E-state index contributed by atoms with van der Waals surface area (Å²) in [5.41, 5.74) is 4.18. The Morgan fingerprint density at radius 1 is 1.38 bits per heavy atom. The van der Waals surface area contributed by atoms with Gasteiger partial charge in [0.15, 0.2) is 0 Å². The van der Waals surface area contributed by atoms with Crippen LogP contribution in [0.3, 0.4) is 0 Å². The summed E-state index contributed by atoms with van der Waals surface area (Å²) in [5, 5.41) is 3.43. The zero-order chi connectivity index (χ0) is 11.4. The van der Waals surface area contributed by atoms with Crippen molar-refractivity contribution in [2.24, 2.45) is 0 Å². The molecule has 1 aromatic heterocycles. The fourth-order valence-electron chi connectivity index (χ4n) is 2.47. The topological polar surface area (TPSA) is 24.9 Å². The van der Waals surface area contributed by atoms with E-state index in [-0.39, 0.29) is 0 Å². The third-order valence-corrected chi connectivity index (χ3v) is 3.36. The average molecular weight is 216 g/mol. The first-order valence-corrected chi connectivity index (χ1v) is 6.09. The first kappa shape index (κ1) is 11.3. The summed E-state index contributed by atoms with van der Waals surface area (Å²) in [6.07, 6.45) is 11.4. The number of nitrogens with one attached hydrogen (secondary N) is 1. The van der Waals surface area contributed by atoms with E-state index in [1.165, 1.54) is 36.8 Å². The molecule has 2 nitrogen and oxygen atoms in total. The first-order chi connectivity index (χ1) is 7.83. The highest BCUT2D eigenvalue weighted by Gasteiger charge is 2.17. The molecule has 16 heavy (non-hydrogen) atoms. The Bertz CT molecular complexity index is 382. The monoisotopic (exact) mass is 216 g/mol. The van der Waals surface area contributed by atoms with Gasteiger partial charge in [-0.3, -0.25) is 4.98 Å². The summed E-state index contributed by atoms with van der Waals surface area (Å²) in [5.74, 6) is 0. The Hall–Kier alpha value is -1.15. The molecule has 0 bridgehead atoms.